The second-order valence-electron chi connectivity index (χ2n) is 6.09. The highest BCUT2D eigenvalue weighted by atomic mass is 16.5. The molecule has 7 heteroatoms. The third-order valence-electron chi connectivity index (χ3n) is 4.39. The number of carbonyl (C=O) groups excluding carboxylic acids is 1. The maximum absolute atomic E-state index is 11.9. The van der Waals surface area contributed by atoms with Gasteiger partial charge in [-0.15, -0.1) is 0 Å². The molecule has 1 aliphatic heterocycles. The zero-order valence-electron chi connectivity index (χ0n) is 14.8. The molecular weight excluding hydrogens is 326 g/mol. The lowest BCUT2D eigenvalue weighted by molar-refractivity contribution is -0.139. The number of nitrogens with one attached hydrogen (secondary N) is 1. The normalized spacial score (nSPS) is 22.6. The van der Waals surface area contributed by atoms with Crippen LogP contribution in [0.2, 0.25) is 0 Å². The Labute approximate surface area is 147 Å². The Morgan fingerprint density at radius 3 is 2.60 bits per heavy atom. The van der Waals surface area contributed by atoms with Crippen molar-refractivity contribution in [2.45, 2.75) is 31.8 Å². The predicted octanol–water partition coefficient (Wildman–Crippen LogP) is 1.80. The lowest BCUT2D eigenvalue weighted by Gasteiger charge is -2.20. The van der Waals surface area contributed by atoms with E-state index in [9.17, 15) is 14.7 Å². The molecule has 1 fully saturated rings. The van der Waals surface area contributed by atoms with Crippen LogP contribution >= 0.6 is 0 Å². The summed E-state index contributed by atoms with van der Waals surface area (Å²) in [6.07, 6.45) is 1.02. The van der Waals surface area contributed by atoms with Gasteiger partial charge in [0.25, 0.3) is 0 Å². The Morgan fingerprint density at radius 2 is 2.00 bits per heavy atom. The van der Waals surface area contributed by atoms with Gasteiger partial charge >= 0.3 is 5.97 Å². The van der Waals surface area contributed by atoms with Crippen molar-refractivity contribution in [1.29, 1.82) is 0 Å². The highest BCUT2D eigenvalue weighted by Crippen LogP contribution is 2.37. The molecule has 1 saturated heterocycles. The van der Waals surface area contributed by atoms with Gasteiger partial charge in [-0.2, -0.15) is 0 Å². The minimum atomic E-state index is -0.946. The molecule has 0 aromatic heterocycles. The van der Waals surface area contributed by atoms with Crippen molar-refractivity contribution < 1.29 is 28.9 Å². The highest BCUT2D eigenvalue weighted by Gasteiger charge is 2.40. The van der Waals surface area contributed by atoms with Crippen LogP contribution in [-0.4, -0.2) is 50.3 Å². The van der Waals surface area contributed by atoms with Crippen molar-refractivity contribution in [3.63, 3.8) is 0 Å². The molecule has 1 heterocycles. The van der Waals surface area contributed by atoms with E-state index in [4.69, 9.17) is 14.2 Å². The van der Waals surface area contributed by atoms with Gasteiger partial charge in [-0.3, -0.25) is 14.9 Å². The van der Waals surface area contributed by atoms with Crippen LogP contribution in [0.4, 0.5) is 0 Å². The topological polar surface area (TPSA) is 94.1 Å². The van der Waals surface area contributed by atoms with E-state index in [1.165, 1.54) is 6.92 Å². The lowest BCUT2D eigenvalue weighted by Crippen LogP contribution is -2.32. The first-order valence-corrected chi connectivity index (χ1v) is 8.27. The fraction of sp³-hybridized carbons (Fsp3) is 0.556. The van der Waals surface area contributed by atoms with Crippen LogP contribution in [-0.2, 0) is 14.3 Å². The lowest BCUT2D eigenvalue weighted by atomic mass is 9.90. The average Bonchev–Trinajstić information content (AvgIpc) is 3.04. The molecule has 0 amide bonds. The standard InChI is InChI=1S/C18H25NO6/c1-11(20)13-10-14(18(21)22)19-17(13)12-5-6-15(24-3)16(9-12)25-8-4-7-23-2/h5-6,9,13-14,17,19H,4,7-8,10H2,1-3H3,(H,21,22)/t13-,14+,17+/m0/s1. The fourth-order valence-electron chi connectivity index (χ4n) is 3.08. The number of Topliss-reactive ketones (excluding diaryl/α,β-unsaturated/α-hetero) is 1. The summed E-state index contributed by atoms with van der Waals surface area (Å²) in [4.78, 5) is 23.2. The van der Waals surface area contributed by atoms with Crippen LogP contribution < -0.4 is 14.8 Å². The Hall–Kier alpha value is -2.12. The van der Waals surface area contributed by atoms with Crippen molar-refractivity contribution in [2.75, 3.05) is 27.4 Å². The summed E-state index contributed by atoms with van der Waals surface area (Å²) in [5.41, 5.74) is 0.812. The molecule has 0 radical (unpaired) electrons. The minimum Gasteiger partial charge on any atom is -0.493 e. The van der Waals surface area contributed by atoms with Gasteiger partial charge in [0.15, 0.2) is 11.5 Å². The van der Waals surface area contributed by atoms with E-state index in [1.807, 2.05) is 12.1 Å². The number of ketones is 1. The molecule has 138 valence electrons. The number of hydrogen-bond acceptors (Lipinski definition) is 6. The molecule has 25 heavy (non-hydrogen) atoms. The van der Waals surface area contributed by atoms with Crippen molar-refractivity contribution in [3.8, 4) is 11.5 Å². The van der Waals surface area contributed by atoms with Gasteiger partial charge in [0.2, 0.25) is 0 Å². The SMILES string of the molecule is COCCCOc1cc([C@H]2N[C@@H](C(=O)O)C[C@H]2C(C)=O)ccc1OC. The second kappa shape index (κ2) is 8.82. The van der Waals surface area contributed by atoms with E-state index >= 15 is 0 Å². The summed E-state index contributed by atoms with van der Waals surface area (Å²) in [7, 11) is 3.19. The molecule has 1 aliphatic rings. The van der Waals surface area contributed by atoms with Crippen LogP contribution in [0.1, 0.15) is 31.4 Å². The van der Waals surface area contributed by atoms with Gasteiger partial charge in [0.1, 0.15) is 11.8 Å². The van der Waals surface area contributed by atoms with E-state index < -0.39 is 12.0 Å². The van der Waals surface area contributed by atoms with Gasteiger partial charge in [-0.05, 0) is 31.0 Å². The number of carboxylic acids is 1. The number of hydrogen-bond donors (Lipinski definition) is 2. The first-order valence-electron chi connectivity index (χ1n) is 8.27. The highest BCUT2D eigenvalue weighted by molar-refractivity contribution is 5.82. The molecule has 0 aliphatic carbocycles. The number of benzene rings is 1. The first-order chi connectivity index (χ1) is 12.0. The van der Waals surface area contributed by atoms with Crippen molar-refractivity contribution in [1.82, 2.24) is 5.32 Å². The van der Waals surface area contributed by atoms with Gasteiger partial charge in [-0.1, -0.05) is 6.07 Å². The molecule has 1 aromatic carbocycles. The minimum absolute atomic E-state index is 0.0281. The molecule has 0 bridgehead atoms. The fourth-order valence-corrected chi connectivity index (χ4v) is 3.08. The Morgan fingerprint density at radius 1 is 1.24 bits per heavy atom. The Balaban J connectivity index is 2.22. The quantitative estimate of drug-likeness (QED) is 0.655. The van der Waals surface area contributed by atoms with Gasteiger partial charge in [0, 0.05) is 32.1 Å². The van der Waals surface area contributed by atoms with E-state index in [2.05, 4.69) is 5.32 Å². The zero-order chi connectivity index (χ0) is 18.4. The number of carbonyl (C=O) groups is 2. The molecule has 3 atom stereocenters. The third-order valence-corrected chi connectivity index (χ3v) is 4.39. The van der Waals surface area contributed by atoms with E-state index in [-0.39, 0.29) is 24.2 Å². The molecule has 2 rings (SSSR count). The molecule has 1 aromatic rings. The summed E-state index contributed by atoms with van der Waals surface area (Å²) >= 11 is 0. The average molecular weight is 351 g/mol. The smallest absolute Gasteiger partial charge is 0.320 e. The van der Waals surface area contributed by atoms with Crippen LogP contribution in [0.5, 0.6) is 11.5 Å². The van der Waals surface area contributed by atoms with Crippen LogP contribution in [0.15, 0.2) is 18.2 Å². The first kappa shape index (κ1) is 19.2. The van der Waals surface area contributed by atoms with Crippen LogP contribution in [0.3, 0.4) is 0 Å². The van der Waals surface area contributed by atoms with Crippen molar-refractivity contribution >= 4 is 11.8 Å². The van der Waals surface area contributed by atoms with Crippen molar-refractivity contribution in [3.05, 3.63) is 23.8 Å². The van der Waals surface area contributed by atoms with E-state index in [0.29, 0.717) is 24.7 Å². The second-order valence-corrected chi connectivity index (χ2v) is 6.09. The summed E-state index contributed by atoms with van der Waals surface area (Å²) in [5.74, 6) is -0.193. The van der Waals surface area contributed by atoms with Gasteiger partial charge in [-0.25, -0.2) is 0 Å². The molecule has 0 saturated carbocycles. The van der Waals surface area contributed by atoms with E-state index in [1.54, 1.807) is 20.3 Å². The maximum Gasteiger partial charge on any atom is 0.320 e. The van der Waals surface area contributed by atoms with Crippen LogP contribution in [0, 0.1) is 5.92 Å². The monoisotopic (exact) mass is 351 g/mol. The summed E-state index contributed by atoms with van der Waals surface area (Å²) < 4.78 is 16.1. The number of carboxylic acid groups (broad SMARTS) is 1. The Kier molecular flexibility index (Phi) is 6.78. The summed E-state index contributed by atoms with van der Waals surface area (Å²) in [5, 5.41) is 12.3. The molecule has 0 unspecified atom stereocenters. The Bertz CT molecular complexity index is 618. The molecular formula is C18H25NO6. The summed E-state index contributed by atoms with van der Waals surface area (Å²) in [6, 6.07) is 4.33. The zero-order valence-corrected chi connectivity index (χ0v) is 14.8. The van der Waals surface area contributed by atoms with Gasteiger partial charge in [0.05, 0.1) is 13.7 Å². The van der Waals surface area contributed by atoms with Gasteiger partial charge < -0.3 is 19.3 Å². The molecule has 0 spiro atoms. The number of ether oxygens (including phenoxy) is 3. The number of rotatable bonds is 9. The maximum atomic E-state index is 11.9. The third kappa shape index (κ3) is 4.70. The molecule has 7 nitrogen and oxygen atoms in total. The predicted molar refractivity (Wildman–Crippen MR) is 91.1 cm³/mol. The molecule has 2 N–H and O–H groups in total. The number of aliphatic carboxylic acids is 1. The largest absolute Gasteiger partial charge is 0.493 e. The summed E-state index contributed by atoms with van der Waals surface area (Å²) in [6.45, 7) is 2.56. The van der Waals surface area contributed by atoms with Crippen LogP contribution in [0.25, 0.3) is 0 Å². The number of methoxy groups -OCH3 is 2. The van der Waals surface area contributed by atoms with Crippen molar-refractivity contribution in [2.24, 2.45) is 5.92 Å². The van der Waals surface area contributed by atoms with E-state index in [0.717, 1.165) is 12.0 Å².